The maximum absolute atomic E-state index is 13.9. The number of aryl methyl sites for hydroxylation is 1. The zero-order valence-corrected chi connectivity index (χ0v) is 19.8. The Morgan fingerprint density at radius 3 is 2.57 bits per heavy atom. The molecule has 35 heavy (non-hydrogen) atoms. The highest BCUT2D eigenvalue weighted by Crippen LogP contribution is 2.62. The Hall–Kier alpha value is -3.69. The molecular weight excluding hydrogens is 440 g/mol. The van der Waals surface area contributed by atoms with Gasteiger partial charge in [0.2, 0.25) is 11.8 Å². The van der Waals surface area contributed by atoms with Gasteiger partial charge in [-0.25, -0.2) is 4.90 Å². The second-order valence-corrected chi connectivity index (χ2v) is 10.2. The van der Waals surface area contributed by atoms with E-state index in [1.54, 1.807) is 12.1 Å². The summed E-state index contributed by atoms with van der Waals surface area (Å²) < 4.78 is 12.5. The maximum atomic E-state index is 13.9. The molecule has 0 spiro atoms. The van der Waals surface area contributed by atoms with Crippen molar-refractivity contribution in [3.05, 3.63) is 71.8 Å². The summed E-state index contributed by atoms with van der Waals surface area (Å²) in [6.07, 6.45) is 2.00. The number of benzene rings is 3. The Morgan fingerprint density at radius 2 is 1.80 bits per heavy atom. The van der Waals surface area contributed by atoms with Gasteiger partial charge < -0.3 is 9.47 Å². The van der Waals surface area contributed by atoms with Crippen LogP contribution in [0.25, 0.3) is 10.8 Å². The lowest BCUT2D eigenvalue weighted by atomic mass is 9.67. The van der Waals surface area contributed by atoms with Crippen LogP contribution in [0.4, 0.5) is 5.69 Å². The smallest absolute Gasteiger partial charge is 0.240 e. The molecule has 3 aromatic carbocycles. The minimum Gasteiger partial charge on any atom is -0.493 e. The Morgan fingerprint density at radius 1 is 1.03 bits per heavy atom. The number of nitriles is 1. The third-order valence-corrected chi connectivity index (χ3v) is 8.06. The molecule has 3 aliphatic rings. The van der Waals surface area contributed by atoms with Crippen LogP contribution >= 0.6 is 0 Å². The zero-order valence-electron chi connectivity index (χ0n) is 19.8. The van der Waals surface area contributed by atoms with E-state index in [-0.39, 0.29) is 11.8 Å². The van der Waals surface area contributed by atoms with Crippen molar-refractivity contribution < 1.29 is 19.1 Å². The Bertz CT molecular complexity index is 1430. The van der Waals surface area contributed by atoms with Crippen LogP contribution in [0.3, 0.4) is 0 Å². The lowest BCUT2D eigenvalue weighted by Crippen LogP contribution is -2.43. The molecule has 3 aromatic rings. The van der Waals surface area contributed by atoms with E-state index < -0.39 is 23.0 Å². The quantitative estimate of drug-likeness (QED) is 0.499. The molecule has 6 nitrogen and oxygen atoms in total. The monoisotopic (exact) mass is 466 g/mol. The van der Waals surface area contributed by atoms with Gasteiger partial charge in [0.25, 0.3) is 0 Å². The Balaban J connectivity index is 1.34. The van der Waals surface area contributed by atoms with E-state index in [1.165, 1.54) is 4.90 Å². The summed E-state index contributed by atoms with van der Waals surface area (Å²) in [5.41, 5.74) is 0.792. The number of hydrogen-bond donors (Lipinski definition) is 0. The highest BCUT2D eigenvalue weighted by Gasteiger charge is 2.73. The van der Waals surface area contributed by atoms with Crippen LogP contribution in [-0.4, -0.2) is 29.6 Å². The van der Waals surface area contributed by atoms with Crippen molar-refractivity contribution in [2.24, 2.45) is 11.8 Å². The highest BCUT2D eigenvalue weighted by atomic mass is 16.5. The average molecular weight is 467 g/mol. The average Bonchev–Trinajstić information content (AvgIpc) is 3.43. The standard InChI is InChI=1S/C29H26N2O4/c1-18-6-5-7-20(16-18)34-15-14-29-13-12-28(2,35-29)24-25(29)27(33)31(26(24)32)23-11-10-19(17-30)21-8-3-4-9-22(21)23/h3-11,16,24-25H,12-15H2,1-2H3. The number of hydrogen-bond acceptors (Lipinski definition) is 5. The molecule has 2 bridgehead atoms. The second-order valence-electron chi connectivity index (χ2n) is 10.2. The van der Waals surface area contributed by atoms with Crippen molar-refractivity contribution in [1.29, 1.82) is 5.26 Å². The Kier molecular flexibility index (Phi) is 4.77. The first-order valence-electron chi connectivity index (χ1n) is 12.1. The van der Waals surface area contributed by atoms with Crippen LogP contribution in [0, 0.1) is 30.1 Å². The van der Waals surface area contributed by atoms with Gasteiger partial charge in [0.15, 0.2) is 0 Å². The van der Waals surface area contributed by atoms with Crippen LogP contribution in [0.5, 0.6) is 5.75 Å². The summed E-state index contributed by atoms with van der Waals surface area (Å²) in [5.74, 6) is -0.690. The summed E-state index contributed by atoms with van der Waals surface area (Å²) in [5, 5.41) is 11.0. The minimum absolute atomic E-state index is 0.210. The van der Waals surface area contributed by atoms with Crippen molar-refractivity contribution in [3.8, 4) is 11.8 Å². The highest BCUT2D eigenvalue weighted by molar-refractivity contribution is 6.26. The molecule has 4 unspecified atom stereocenters. The molecule has 3 aliphatic heterocycles. The fraction of sp³-hybridized carbons (Fsp3) is 0.345. The lowest BCUT2D eigenvalue weighted by Gasteiger charge is -2.31. The summed E-state index contributed by atoms with van der Waals surface area (Å²) in [4.78, 5) is 29.1. The summed E-state index contributed by atoms with van der Waals surface area (Å²) in [6, 6.07) is 20.9. The number of nitrogens with zero attached hydrogens (tertiary/aromatic N) is 2. The summed E-state index contributed by atoms with van der Waals surface area (Å²) in [7, 11) is 0. The number of fused-ring (bicyclic) bond motifs is 6. The van der Waals surface area contributed by atoms with Crippen molar-refractivity contribution >= 4 is 28.3 Å². The first kappa shape index (κ1) is 21.8. The molecule has 6 rings (SSSR count). The molecule has 6 heteroatoms. The lowest BCUT2D eigenvalue weighted by molar-refractivity contribution is -0.131. The number of carbonyl (C=O) groups excluding carboxylic acids is 2. The van der Waals surface area contributed by atoms with Crippen LogP contribution in [-0.2, 0) is 14.3 Å². The van der Waals surface area contributed by atoms with Crippen LogP contribution in [0.2, 0.25) is 0 Å². The second kappa shape index (κ2) is 7.66. The van der Waals surface area contributed by atoms with Crippen LogP contribution in [0.15, 0.2) is 60.7 Å². The van der Waals surface area contributed by atoms with Gasteiger partial charge in [-0.15, -0.1) is 0 Å². The predicted octanol–water partition coefficient (Wildman–Crippen LogP) is 4.92. The third kappa shape index (κ3) is 3.11. The topological polar surface area (TPSA) is 79.6 Å². The van der Waals surface area contributed by atoms with Crippen LogP contribution in [0.1, 0.15) is 37.3 Å². The fourth-order valence-electron chi connectivity index (χ4n) is 6.47. The minimum atomic E-state index is -0.715. The number of rotatable bonds is 5. The molecule has 0 aliphatic carbocycles. The number of anilines is 1. The van der Waals surface area contributed by atoms with Crippen molar-refractivity contribution in [2.75, 3.05) is 11.5 Å². The third-order valence-electron chi connectivity index (χ3n) is 8.06. The number of imide groups is 1. The normalized spacial score (nSPS) is 29.0. The molecule has 3 saturated heterocycles. The van der Waals surface area contributed by atoms with Gasteiger partial charge in [-0.1, -0.05) is 36.4 Å². The Labute approximate surface area is 204 Å². The number of ether oxygens (including phenoxy) is 2. The maximum Gasteiger partial charge on any atom is 0.240 e. The van der Waals surface area contributed by atoms with Gasteiger partial charge in [0, 0.05) is 17.2 Å². The number of amides is 2. The molecule has 0 aromatic heterocycles. The van der Waals surface area contributed by atoms with E-state index in [1.807, 2.05) is 62.4 Å². The summed E-state index contributed by atoms with van der Waals surface area (Å²) in [6.45, 7) is 4.39. The van der Waals surface area contributed by atoms with Crippen molar-refractivity contribution in [3.63, 3.8) is 0 Å². The molecule has 2 amide bonds. The molecule has 0 radical (unpaired) electrons. The largest absolute Gasteiger partial charge is 0.493 e. The zero-order chi connectivity index (χ0) is 24.4. The van der Waals surface area contributed by atoms with E-state index in [0.717, 1.165) is 34.9 Å². The molecule has 0 N–H and O–H groups in total. The molecule has 176 valence electrons. The van der Waals surface area contributed by atoms with Gasteiger partial charge in [0.05, 0.1) is 47.0 Å². The van der Waals surface area contributed by atoms with Gasteiger partial charge in [0.1, 0.15) is 5.75 Å². The molecule has 4 atom stereocenters. The summed E-state index contributed by atoms with van der Waals surface area (Å²) >= 11 is 0. The van der Waals surface area contributed by atoms with E-state index >= 15 is 0 Å². The van der Waals surface area contributed by atoms with Gasteiger partial charge in [-0.3, -0.25) is 9.59 Å². The predicted molar refractivity (Wildman–Crippen MR) is 131 cm³/mol. The van der Waals surface area contributed by atoms with Crippen LogP contribution < -0.4 is 9.64 Å². The fourth-order valence-corrected chi connectivity index (χ4v) is 6.47. The van der Waals surface area contributed by atoms with E-state index in [2.05, 4.69) is 6.07 Å². The number of carbonyl (C=O) groups is 2. The van der Waals surface area contributed by atoms with Crippen molar-refractivity contribution in [2.45, 2.75) is 44.3 Å². The van der Waals surface area contributed by atoms with Crippen molar-refractivity contribution in [1.82, 2.24) is 0 Å². The molecular formula is C29H26N2O4. The first-order valence-corrected chi connectivity index (χ1v) is 12.1. The first-order chi connectivity index (χ1) is 16.9. The van der Waals surface area contributed by atoms with Gasteiger partial charge in [-0.05, 0) is 56.5 Å². The van der Waals surface area contributed by atoms with E-state index in [9.17, 15) is 14.9 Å². The molecule has 0 saturated carbocycles. The van der Waals surface area contributed by atoms with E-state index in [4.69, 9.17) is 9.47 Å². The molecule has 3 heterocycles. The van der Waals surface area contributed by atoms with Gasteiger partial charge in [-0.2, -0.15) is 5.26 Å². The molecule has 3 fully saturated rings. The van der Waals surface area contributed by atoms with E-state index in [0.29, 0.717) is 24.3 Å². The van der Waals surface area contributed by atoms with Gasteiger partial charge >= 0.3 is 0 Å². The SMILES string of the molecule is Cc1cccc(OCCC23CCC(C)(O2)C2C(=O)N(c4ccc(C#N)c5ccccc45)C(=O)C23)c1.